The number of halogens is 3. The van der Waals surface area contributed by atoms with Gasteiger partial charge in [-0.25, -0.2) is 0 Å². The van der Waals surface area contributed by atoms with Crippen LogP contribution in [0.4, 0.5) is 13.2 Å². The lowest BCUT2D eigenvalue weighted by Crippen LogP contribution is -2.61. The summed E-state index contributed by atoms with van der Waals surface area (Å²) in [5.74, 6) is -0.294. The van der Waals surface area contributed by atoms with Crippen molar-refractivity contribution in [3.05, 3.63) is 0 Å². The molecule has 1 rings (SSSR count). The normalized spacial score (nSPS) is 23.9. The Bertz CT molecular complexity index is 265. The largest absolute Gasteiger partial charge is 0.405 e. The molecular weight excluding hydrogens is 221 g/mol. The Morgan fingerprint density at radius 2 is 1.88 bits per heavy atom. The van der Waals surface area contributed by atoms with E-state index in [9.17, 15) is 18.0 Å². The smallest absolute Gasteiger partial charge is 0.340 e. The van der Waals surface area contributed by atoms with E-state index in [1.807, 2.05) is 0 Å². The summed E-state index contributed by atoms with van der Waals surface area (Å²) in [6.45, 7) is 5.18. The maximum Gasteiger partial charge on any atom is 0.405 e. The van der Waals surface area contributed by atoms with E-state index in [0.29, 0.717) is 6.54 Å². The monoisotopic (exact) mass is 238 g/mol. The Kier molecular flexibility index (Phi) is 3.83. The molecule has 3 nitrogen and oxygen atoms in total. The molecule has 0 aromatic heterocycles. The van der Waals surface area contributed by atoms with Crippen molar-refractivity contribution in [2.45, 2.75) is 39.0 Å². The highest BCUT2D eigenvalue weighted by atomic mass is 19.4. The van der Waals surface area contributed by atoms with Crippen LogP contribution in [0.2, 0.25) is 0 Å². The minimum atomic E-state index is -4.28. The molecule has 1 atom stereocenters. The van der Waals surface area contributed by atoms with Gasteiger partial charge in [0.05, 0.1) is 0 Å². The van der Waals surface area contributed by atoms with Crippen molar-refractivity contribution in [1.29, 1.82) is 0 Å². The number of carbonyl (C=O) groups excluding carboxylic acids is 1. The fourth-order valence-electron chi connectivity index (χ4n) is 1.99. The molecule has 1 amide bonds. The van der Waals surface area contributed by atoms with Gasteiger partial charge >= 0.3 is 6.18 Å². The lowest BCUT2D eigenvalue weighted by molar-refractivity contribution is -0.202. The second-order valence-electron chi connectivity index (χ2n) is 4.35. The predicted molar refractivity (Wildman–Crippen MR) is 53.9 cm³/mol. The van der Waals surface area contributed by atoms with Crippen LogP contribution in [-0.4, -0.2) is 53.6 Å². The van der Waals surface area contributed by atoms with Gasteiger partial charge in [-0.3, -0.25) is 9.69 Å². The number of carbonyl (C=O) groups is 1. The number of hydrogen-bond acceptors (Lipinski definition) is 2. The summed E-state index contributed by atoms with van der Waals surface area (Å²) in [6, 6.07) is -1.70. The quantitative estimate of drug-likeness (QED) is 0.691. The molecule has 1 unspecified atom stereocenters. The third-order valence-electron chi connectivity index (χ3n) is 2.91. The van der Waals surface area contributed by atoms with E-state index in [1.54, 1.807) is 13.8 Å². The van der Waals surface area contributed by atoms with Crippen LogP contribution in [0.5, 0.6) is 0 Å². The molecule has 0 aliphatic carbocycles. The zero-order chi connectivity index (χ0) is 12.5. The standard InChI is InChI=1S/C10H17F3N2O/c1-7(2)15-5-4-14(8(3)16)6-9(15)10(11,12)13/h7,9H,4-6H2,1-3H3. The van der Waals surface area contributed by atoms with Gasteiger partial charge in [0.1, 0.15) is 6.04 Å². The van der Waals surface area contributed by atoms with Crippen molar-refractivity contribution >= 4 is 5.91 Å². The van der Waals surface area contributed by atoms with E-state index in [1.165, 1.54) is 16.7 Å². The van der Waals surface area contributed by atoms with E-state index < -0.39 is 12.2 Å². The molecule has 1 aliphatic heterocycles. The van der Waals surface area contributed by atoms with Gasteiger partial charge in [0.15, 0.2) is 0 Å². The second kappa shape index (κ2) is 4.61. The van der Waals surface area contributed by atoms with Gasteiger partial charge in [-0.15, -0.1) is 0 Å². The zero-order valence-corrected chi connectivity index (χ0v) is 9.71. The van der Waals surface area contributed by atoms with Gasteiger partial charge in [-0.1, -0.05) is 0 Å². The molecule has 0 aromatic rings. The van der Waals surface area contributed by atoms with E-state index in [4.69, 9.17) is 0 Å². The molecule has 1 saturated heterocycles. The molecule has 0 bridgehead atoms. The molecule has 1 aliphatic rings. The Morgan fingerprint density at radius 3 is 2.25 bits per heavy atom. The highest BCUT2D eigenvalue weighted by Gasteiger charge is 2.47. The predicted octanol–water partition coefficient (Wildman–Crippen LogP) is 1.49. The summed E-state index contributed by atoms with van der Waals surface area (Å²) in [4.78, 5) is 13.8. The number of hydrogen-bond donors (Lipinski definition) is 0. The average Bonchev–Trinajstić information content (AvgIpc) is 2.15. The molecule has 1 fully saturated rings. The van der Waals surface area contributed by atoms with Gasteiger partial charge < -0.3 is 4.90 Å². The van der Waals surface area contributed by atoms with E-state index in [2.05, 4.69) is 0 Å². The third-order valence-corrected chi connectivity index (χ3v) is 2.91. The molecular formula is C10H17F3N2O. The minimum Gasteiger partial charge on any atom is -0.340 e. The Balaban J connectivity index is 2.82. The van der Waals surface area contributed by atoms with Crippen LogP contribution in [0.25, 0.3) is 0 Å². The molecule has 0 N–H and O–H groups in total. The lowest BCUT2D eigenvalue weighted by atomic mass is 10.1. The Labute approximate surface area is 93.2 Å². The van der Waals surface area contributed by atoms with Crippen molar-refractivity contribution in [1.82, 2.24) is 9.80 Å². The summed E-state index contributed by atoms with van der Waals surface area (Å²) in [5.41, 5.74) is 0. The zero-order valence-electron chi connectivity index (χ0n) is 9.71. The van der Waals surface area contributed by atoms with Crippen LogP contribution in [0.3, 0.4) is 0 Å². The number of piperazine rings is 1. The molecule has 94 valence electrons. The molecule has 0 spiro atoms. The van der Waals surface area contributed by atoms with Gasteiger partial charge in [0, 0.05) is 32.6 Å². The molecule has 6 heteroatoms. The second-order valence-corrected chi connectivity index (χ2v) is 4.35. The van der Waals surface area contributed by atoms with E-state index >= 15 is 0 Å². The fourth-order valence-corrected chi connectivity index (χ4v) is 1.99. The summed E-state index contributed by atoms with van der Waals surface area (Å²) >= 11 is 0. The van der Waals surface area contributed by atoms with Crippen LogP contribution >= 0.6 is 0 Å². The highest BCUT2D eigenvalue weighted by Crippen LogP contribution is 2.29. The first-order valence-corrected chi connectivity index (χ1v) is 5.31. The molecule has 0 saturated carbocycles. The maximum atomic E-state index is 12.8. The SMILES string of the molecule is CC(=O)N1CCN(C(C)C)C(C(F)(F)F)C1. The summed E-state index contributed by atoms with van der Waals surface area (Å²) in [7, 11) is 0. The van der Waals surface area contributed by atoms with E-state index in [-0.39, 0.29) is 25.0 Å². The van der Waals surface area contributed by atoms with Crippen molar-refractivity contribution in [3.63, 3.8) is 0 Å². The Morgan fingerprint density at radius 1 is 1.31 bits per heavy atom. The lowest BCUT2D eigenvalue weighted by Gasteiger charge is -2.43. The summed E-state index contributed by atoms with van der Waals surface area (Å²) in [5, 5.41) is 0. The maximum absolute atomic E-state index is 12.8. The molecule has 16 heavy (non-hydrogen) atoms. The average molecular weight is 238 g/mol. The number of nitrogens with zero attached hydrogens (tertiary/aromatic N) is 2. The first-order valence-electron chi connectivity index (χ1n) is 5.31. The molecule has 1 heterocycles. The summed E-state index contributed by atoms with van der Waals surface area (Å²) in [6.07, 6.45) is -4.28. The van der Waals surface area contributed by atoms with Crippen molar-refractivity contribution < 1.29 is 18.0 Å². The number of amides is 1. The van der Waals surface area contributed by atoms with Crippen LogP contribution < -0.4 is 0 Å². The van der Waals surface area contributed by atoms with Gasteiger partial charge in [-0.05, 0) is 13.8 Å². The minimum absolute atomic E-state index is 0.166. The van der Waals surface area contributed by atoms with Crippen LogP contribution in [-0.2, 0) is 4.79 Å². The first kappa shape index (κ1) is 13.3. The number of rotatable bonds is 1. The Hall–Kier alpha value is -0.780. The van der Waals surface area contributed by atoms with Gasteiger partial charge in [0.2, 0.25) is 5.91 Å². The summed E-state index contributed by atoms with van der Waals surface area (Å²) < 4.78 is 38.4. The number of alkyl halides is 3. The fraction of sp³-hybridized carbons (Fsp3) is 0.900. The topological polar surface area (TPSA) is 23.6 Å². The van der Waals surface area contributed by atoms with Crippen LogP contribution in [0.1, 0.15) is 20.8 Å². The molecule has 0 aromatic carbocycles. The van der Waals surface area contributed by atoms with Crippen molar-refractivity contribution in [2.24, 2.45) is 0 Å². The van der Waals surface area contributed by atoms with Crippen LogP contribution in [0, 0.1) is 0 Å². The third kappa shape index (κ3) is 2.87. The van der Waals surface area contributed by atoms with Gasteiger partial charge in [0.25, 0.3) is 0 Å². The van der Waals surface area contributed by atoms with Crippen molar-refractivity contribution in [2.75, 3.05) is 19.6 Å². The van der Waals surface area contributed by atoms with E-state index in [0.717, 1.165) is 0 Å². The van der Waals surface area contributed by atoms with Crippen molar-refractivity contribution in [3.8, 4) is 0 Å². The molecule has 0 radical (unpaired) electrons. The van der Waals surface area contributed by atoms with Crippen LogP contribution in [0.15, 0.2) is 0 Å². The first-order chi connectivity index (χ1) is 7.23. The van der Waals surface area contributed by atoms with Gasteiger partial charge in [-0.2, -0.15) is 13.2 Å². The highest BCUT2D eigenvalue weighted by molar-refractivity contribution is 5.73.